The van der Waals surface area contributed by atoms with Crippen molar-refractivity contribution in [1.82, 2.24) is 19.9 Å². The van der Waals surface area contributed by atoms with E-state index in [0.29, 0.717) is 22.1 Å². The maximum absolute atomic E-state index is 14.4. The zero-order chi connectivity index (χ0) is 28.9. The second-order valence-electron chi connectivity index (χ2n) is 10.9. The van der Waals surface area contributed by atoms with E-state index in [2.05, 4.69) is 15.3 Å². The highest BCUT2D eigenvalue weighted by Gasteiger charge is 2.48. The Balaban J connectivity index is 1.58. The van der Waals surface area contributed by atoms with Gasteiger partial charge in [-0.15, -0.1) is 11.3 Å². The number of thiazole rings is 1. The fraction of sp³-hybridized carbons (Fsp3) is 0.429. The maximum Gasteiger partial charge on any atom is 0.227 e. The van der Waals surface area contributed by atoms with Crippen LogP contribution < -0.4 is 10.2 Å². The van der Waals surface area contributed by atoms with Gasteiger partial charge in [0.2, 0.25) is 5.95 Å². The van der Waals surface area contributed by atoms with E-state index in [-0.39, 0.29) is 24.5 Å². The van der Waals surface area contributed by atoms with Gasteiger partial charge in [0.1, 0.15) is 34.1 Å². The summed E-state index contributed by atoms with van der Waals surface area (Å²) in [4.78, 5) is 20.0. The van der Waals surface area contributed by atoms with Gasteiger partial charge >= 0.3 is 0 Å². The molecule has 0 amide bonds. The lowest BCUT2D eigenvalue weighted by atomic mass is 9.88. The Morgan fingerprint density at radius 3 is 2.38 bits per heavy atom. The second kappa shape index (κ2) is 10.6. The van der Waals surface area contributed by atoms with E-state index in [4.69, 9.17) is 9.97 Å². The Bertz CT molecular complexity index is 1540. The number of aliphatic hydroxyl groups is 3. The minimum atomic E-state index is -1.21. The van der Waals surface area contributed by atoms with Crippen molar-refractivity contribution < 1.29 is 24.1 Å². The fourth-order valence-electron chi connectivity index (χ4n) is 5.22. The van der Waals surface area contributed by atoms with Gasteiger partial charge in [-0.1, -0.05) is 6.07 Å². The van der Waals surface area contributed by atoms with Crippen molar-refractivity contribution in [2.45, 2.75) is 64.5 Å². The average molecular weight is 571 g/mol. The molecule has 9 nitrogen and oxygen atoms in total. The van der Waals surface area contributed by atoms with E-state index in [1.807, 2.05) is 13.0 Å². The Kier molecular flexibility index (Phi) is 7.47. The van der Waals surface area contributed by atoms with Crippen LogP contribution in [0.1, 0.15) is 37.2 Å². The quantitative estimate of drug-likeness (QED) is 0.261. The van der Waals surface area contributed by atoms with Crippen LogP contribution in [0.3, 0.4) is 0 Å². The van der Waals surface area contributed by atoms with Gasteiger partial charge in [-0.2, -0.15) is 4.98 Å². The van der Waals surface area contributed by atoms with Crippen LogP contribution >= 0.6 is 11.3 Å². The van der Waals surface area contributed by atoms with Crippen LogP contribution in [0.25, 0.3) is 20.8 Å². The number of aliphatic hydroxyl groups excluding tert-OH is 2. The molecule has 40 heavy (non-hydrogen) atoms. The smallest absolute Gasteiger partial charge is 0.227 e. The van der Waals surface area contributed by atoms with Gasteiger partial charge in [-0.3, -0.25) is 4.98 Å². The van der Waals surface area contributed by atoms with Crippen LogP contribution in [0.4, 0.5) is 20.5 Å². The third kappa shape index (κ3) is 5.24. The van der Waals surface area contributed by atoms with E-state index < -0.39 is 41.4 Å². The Hall–Kier alpha value is -3.32. The first-order valence-corrected chi connectivity index (χ1v) is 13.8. The summed E-state index contributed by atoms with van der Waals surface area (Å²) in [7, 11) is 1.63. The highest BCUT2D eigenvalue weighted by molar-refractivity contribution is 7.21. The minimum absolute atomic E-state index is 0.110. The molecule has 3 aromatic heterocycles. The SMILES string of the molecule is Cc1nc(N(C)Cc2c(F)cccc2F)nc(N[C@@H]2C[C@H](C(C)(C)O)[C@@H](O)[C@H]2O)c1-c1nc2c(C)nccc2s1. The van der Waals surface area contributed by atoms with Crippen LogP contribution in [-0.4, -0.2) is 66.2 Å². The van der Waals surface area contributed by atoms with E-state index in [1.54, 1.807) is 34.0 Å². The summed E-state index contributed by atoms with van der Waals surface area (Å²) in [5.41, 5.74) is 1.37. The zero-order valence-electron chi connectivity index (χ0n) is 22.9. The van der Waals surface area contributed by atoms with E-state index in [1.165, 1.54) is 34.4 Å². The highest BCUT2D eigenvalue weighted by Crippen LogP contribution is 2.40. The predicted octanol–water partition coefficient (Wildman–Crippen LogP) is 3.97. The summed E-state index contributed by atoms with van der Waals surface area (Å²) in [6.45, 7) is 6.75. The van der Waals surface area contributed by atoms with Gasteiger partial charge in [0.25, 0.3) is 0 Å². The third-order valence-electron chi connectivity index (χ3n) is 7.49. The molecular formula is C28H32F2N6O3S. The molecular weight excluding hydrogens is 538 g/mol. The van der Waals surface area contributed by atoms with Crippen LogP contribution in [0.5, 0.6) is 0 Å². The number of hydrogen-bond donors (Lipinski definition) is 4. The summed E-state index contributed by atoms with van der Waals surface area (Å²) in [6, 6.07) is 4.94. The Morgan fingerprint density at radius 2 is 1.75 bits per heavy atom. The molecule has 0 radical (unpaired) electrons. The average Bonchev–Trinajstić information content (AvgIpc) is 3.43. The molecule has 1 aliphatic rings. The Morgan fingerprint density at radius 1 is 1.05 bits per heavy atom. The maximum atomic E-state index is 14.4. The topological polar surface area (TPSA) is 128 Å². The number of halogens is 2. The molecule has 0 saturated heterocycles. The van der Waals surface area contributed by atoms with Crippen LogP contribution in [0, 0.1) is 31.4 Å². The number of pyridine rings is 1. The van der Waals surface area contributed by atoms with Crippen molar-refractivity contribution in [2.75, 3.05) is 17.3 Å². The molecule has 4 atom stereocenters. The minimum Gasteiger partial charge on any atom is -0.390 e. The largest absolute Gasteiger partial charge is 0.390 e. The van der Waals surface area contributed by atoms with Gasteiger partial charge in [0.15, 0.2) is 0 Å². The number of nitrogens with zero attached hydrogens (tertiary/aromatic N) is 5. The molecule has 0 aliphatic heterocycles. The first-order valence-electron chi connectivity index (χ1n) is 13.0. The lowest BCUT2D eigenvalue weighted by Crippen LogP contribution is -2.40. The summed E-state index contributed by atoms with van der Waals surface area (Å²) in [6.07, 6.45) is -0.320. The predicted molar refractivity (Wildman–Crippen MR) is 150 cm³/mol. The van der Waals surface area contributed by atoms with Crippen molar-refractivity contribution in [1.29, 1.82) is 0 Å². The first-order chi connectivity index (χ1) is 18.8. The fourth-order valence-corrected chi connectivity index (χ4v) is 6.33. The number of aryl methyl sites for hydroxylation is 2. The molecule has 0 unspecified atom stereocenters. The molecule has 212 valence electrons. The summed E-state index contributed by atoms with van der Waals surface area (Å²) >= 11 is 1.44. The van der Waals surface area contributed by atoms with Crippen LogP contribution in [0.15, 0.2) is 30.5 Å². The molecule has 4 N–H and O–H groups in total. The molecule has 1 saturated carbocycles. The van der Waals surface area contributed by atoms with Crippen molar-refractivity contribution in [3.63, 3.8) is 0 Å². The van der Waals surface area contributed by atoms with Crippen molar-refractivity contribution in [3.8, 4) is 10.6 Å². The van der Waals surface area contributed by atoms with Crippen molar-refractivity contribution in [2.24, 2.45) is 5.92 Å². The van der Waals surface area contributed by atoms with Gasteiger partial charge in [-0.05, 0) is 52.3 Å². The third-order valence-corrected chi connectivity index (χ3v) is 8.53. The van der Waals surface area contributed by atoms with Gasteiger partial charge < -0.3 is 25.5 Å². The van der Waals surface area contributed by atoms with Gasteiger partial charge in [-0.25, -0.2) is 18.7 Å². The molecule has 3 heterocycles. The number of fused-ring (bicyclic) bond motifs is 1. The second-order valence-corrected chi connectivity index (χ2v) is 11.9. The van der Waals surface area contributed by atoms with Crippen LogP contribution in [0.2, 0.25) is 0 Å². The number of nitrogens with one attached hydrogen (secondary N) is 1. The number of benzene rings is 1. The summed E-state index contributed by atoms with van der Waals surface area (Å²) in [5, 5.41) is 36.1. The number of hydrogen-bond acceptors (Lipinski definition) is 10. The lowest BCUT2D eigenvalue weighted by molar-refractivity contribution is -0.0601. The molecule has 1 fully saturated rings. The normalized spacial score (nSPS) is 21.2. The van der Waals surface area contributed by atoms with Gasteiger partial charge in [0.05, 0.1) is 45.9 Å². The van der Waals surface area contributed by atoms with E-state index in [9.17, 15) is 24.1 Å². The number of aromatic nitrogens is 4. The first kappa shape index (κ1) is 28.2. The molecule has 0 bridgehead atoms. The summed E-state index contributed by atoms with van der Waals surface area (Å²) < 4.78 is 29.7. The summed E-state index contributed by atoms with van der Waals surface area (Å²) in [5.74, 6) is -1.36. The molecule has 1 aromatic carbocycles. The Labute approximate surface area is 234 Å². The molecule has 5 rings (SSSR count). The monoisotopic (exact) mass is 570 g/mol. The number of anilines is 2. The zero-order valence-corrected chi connectivity index (χ0v) is 23.7. The molecule has 1 aliphatic carbocycles. The molecule has 4 aromatic rings. The lowest BCUT2D eigenvalue weighted by Gasteiger charge is -2.28. The van der Waals surface area contributed by atoms with Gasteiger partial charge in [0, 0.05) is 24.7 Å². The van der Waals surface area contributed by atoms with Crippen LogP contribution in [-0.2, 0) is 6.54 Å². The highest BCUT2D eigenvalue weighted by atomic mass is 32.1. The molecule has 12 heteroatoms. The number of rotatable bonds is 7. The van der Waals surface area contributed by atoms with Crippen molar-refractivity contribution >= 4 is 33.3 Å². The standard InChI is InChI=1S/C28H32F2N6O3S/c1-13-21(26-34-22-14(2)31-10-9-20(22)40-26)25(33-19-11-16(28(3,4)39)23(37)24(19)38)35-27(32-13)36(5)12-15-17(29)7-6-8-18(15)30/h6-10,16,19,23-24,37-39H,11-12H2,1-5H3,(H,32,33,35)/t16-,19+,23+,24-/m0/s1. The molecule has 0 spiro atoms. The van der Waals surface area contributed by atoms with Crippen molar-refractivity contribution in [3.05, 3.63) is 59.0 Å². The van der Waals surface area contributed by atoms with E-state index >= 15 is 0 Å². The van der Waals surface area contributed by atoms with E-state index in [0.717, 1.165) is 15.9 Å².